The lowest BCUT2D eigenvalue weighted by atomic mass is 10.0. The van der Waals surface area contributed by atoms with E-state index >= 15 is 0 Å². The number of rotatable bonds is 8. The highest BCUT2D eigenvalue weighted by atomic mass is 16.6. The molecule has 0 aliphatic carbocycles. The molecule has 4 rings (SSSR count). The third kappa shape index (κ3) is 4.64. The van der Waals surface area contributed by atoms with E-state index in [-0.39, 0.29) is 29.6 Å². The van der Waals surface area contributed by atoms with Gasteiger partial charge in [-0.1, -0.05) is 18.2 Å². The average Bonchev–Trinajstić information content (AvgIpc) is 3.09. The second-order valence-electron chi connectivity index (χ2n) is 7.82. The summed E-state index contributed by atoms with van der Waals surface area (Å²) < 4.78 is 5.38. The molecule has 9 heteroatoms. The van der Waals surface area contributed by atoms with Gasteiger partial charge in [0.1, 0.15) is 5.70 Å². The zero-order valence-corrected chi connectivity index (χ0v) is 18.5. The van der Waals surface area contributed by atoms with Crippen LogP contribution in [0.4, 0.5) is 11.4 Å². The SMILES string of the molecule is CCN(C1=C(c2ccc([N+](=O)[O-])cc2)C(=O)N(CCN2CCOCC2)C1=O)c1ccccc1. The molecule has 2 aliphatic heterocycles. The maximum Gasteiger partial charge on any atom is 0.278 e. The van der Waals surface area contributed by atoms with Crippen LogP contribution < -0.4 is 4.90 Å². The summed E-state index contributed by atoms with van der Waals surface area (Å²) in [6.45, 7) is 6.03. The molecular formula is C24H26N4O5. The van der Waals surface area contributed by atoms with Crippen LogP contribution in [0.3, 0.4) is 0 Å². The Kier molecular flexibility index (Phi) is 6.81. The first-order chi connectivity index (χ1) is 16.0. The van der Waals surface area contributed by atoms with Crippen molar-refractivity contribution in [1.82, 2.24) is 9.80 Å². The fourth-order valence-electron chi connectivity index (χ4n) is 4.17. The van der Waals surface area contributed by atoms with Gasteiger partial charge in [-0.15, -0.1) is 0 Å². The summed E-state index contributed by atoms with van der Waals surface area (Å²) in [4.78, 5) is 43.0. The van der Waals surface area contributed by atoms with Crippen LogP contribution in [-0.4, -0.2) is 72.5 Å². The monoisotopic (exact) mass is 450 g/mol. The van der Waals surface area contributed by atoms with Crippen molar-refractivity contribution in [2.24, 2.45) is 0 Å². The molecule has 33 heavy (non-hydrogen) atoms. The minimum Gasteiger partial charge on any atom is -0.379 e. The van der Waals surface area contributed by atoms with Gasteiger partial charge >= 0.3 is 0 Å². The number of carbonyl (C=O) groups excluding carboxylic acids is 2. The lowest BCUT2D eigenvalue weighted by molar-refractivity contribution is -0.384. The lowest BCUT2D eigenvalue weighted by Crippen LogP contribution is -2.44. The zero-order valence-electron chi connectivity index (χ0n) is 18.5. The maximum absolute atomic E-state index is 13.6. The third-order valence-electron chi connectivity index (χ3n) is 5.91. The average molecular weight is 450 g/mol. The smallest absolute Gasteiger partial charge is 0.278 e. The van der Waals surface area contributed by atoms with E-state index in [0.717, 1.165) is 18.8 Å². The van der Waals surface area contributed by atoms with Gasteiger partial charge in [-0.2, -0.15) is 0 Å². The van der Waals surface area contributed by atoms with E-state index in [9.17, 15) is 19.7 Å². The number of amides is 2. The number of carbonyl (C=O) groups is 2. The minimum atomic E-state index is -0.488. The van der Waals surface area contributed by atoms with Gasteiger partial charge in [0.15, 0.2) is 0 Å². The molecule has 2 aromatic carbocycles. The minimum absolute atomic E-state index is 0.0720. The Hall–Kier alpha value is -3.56. The molecule has 0 saturated carbocycles. The standard InChI is InChI=1S/C24H26N4O5/c1-2-26(19-6-4-3-5-7-19)22-21(18-8-10-20(11-9-18)28(31)32)23(29)27(24(22)30)13-12-25-14-16-33-17-15-25/h3-11H,2,12-17H2,1H3. The molecular weight excluding hydrogens is 424 g/mol. The summed E-state index contributed by atoms with van der Waals surface area (Å²) in [6.07, 6.45) is 0. The maximum atomic E-state index is 13.6. The summed E-state index contributed by atoms with van der Waals surface area (Å²) >= 11 is 0. The number of anilines is 1. The molecule has 0 spiro atoms. The van der Waals surface area contributed by atoms with Crippen LogP contribution in [-0.2, 0) is 14.3 Å². The molecule has 2 aromatic rings. The van der Waals surface area contributed by atoms with Gasteiger partial charge in [0.25, 0.3) is 17.5 Å². The van der Waals surface area contributed by atoms with Crippen molar-refractivity contribution in [2.75, 3.05) is 50.8 Å². The molecule has 0 atom stereocenters. The number of nitro benzene ring substituents is 1. The summed E-state index contributed by atoms with van der Waals surface area (Å²) in [6, 6.07) is 15.2. The number of nitrogens with zero attached hydrogens (tertiary/aromatic N) is 4. The second kappa shape index (κ2) is 9.93. The summed E-state index contributed by atoms with van der Waals surface area (Å²) in [5, 5.41) is 11.1. The summed E-state index contributed by atoms with van der Waals surface area (Å²) in [5.41, 5.74) is 1.77. The Bertz CT molecular complexity index is 1060. The number of para-hydroxylation sites is 1. The first-order valence-electron chi connectivity index (χ1n) is 11.0. The molecule has 9 nitrogen and oxygen atoms in total. The molecule has 0 bridgehead atoms. The molecule has 0 aromatic heterocycles. The van der Waals surface area contributed by atoms with Crippen LogP contribution in [0.2, 0.25) is 0 Å². The van der Waals surface area contributed by atoms with Crippen molar-refractivity contribution in [2.45, 2.75) is 6.92 Å². The van der Waals surface area contributed by atoms with Gasteiger partial charge in [-0.25, -0.2) is 0 Å². The molecule has 2 heterocycles. The van der Waals surface area contributed by atoms with Crippen LogP contribution in [0, 0.1) is 10.1 Å². The largest absolute Gasteiger partial charge is 0.379 e. The highest BCUT2D eigenvalue weighted by molar-refractivity contribution is 6.36. The van der Waals surface area contributed by atoms with E-state index in [2.05, 4.69) is 4.90 Å². The Morgan fingerprint density at radius 1 is 0.970 bits per heavy atom. The molecule has 0 N–H and O–H groups in total. The van der Waals surface area contributed by atoms with Gasteiger partial charge in [0.05, 0.1) is 23.7 Å². The first kappa shape index (κ1) is 22.6. The van der Waals surface area contributed by atoms with Crippen molar-refractivity contribution in [3.05, 3.63) is 76.0 Å². The van der Waals surface area contributed by atoms with Crippen LogP contribution in [0.15, 0.2) is 60.3 Å². The van der Waals surface area contributed by atoms with Crippen LogP contribution in [0.25, 0.3) is 5.57 Å². The molecule has 0 radical (unpaired) electrons. The Balaban J connectivity index is 1.71. The van der Waals surface area contributed by atoms with E-state index < -0.39 is 4.92 Å². The van der Waals surface area contributed by atoms with Gasteiger partial charge in [0, 0.05) is 50.5 Å². The van der Waals surface area contributed by atoms with Gasteiger partial charge in [-0.3, -0.25) is 29.5 Å². The molecule has 1 saturated heterocycles. The number of benzene rings is 2. The van der Waals surface area contributed by atoms with Crippen LogP contribution in [0.5, 0.6) is 0 Å². The van der Waals surface area contributed by atoms with Crippen molar-refractivity contribution < 1.29 is 19.2 Å². The predicted octanol–water partition coefficient (Wildman–Crippen LogP) is 2.53. The van der Waals surface area contributed by atoms with Crippen molar-refractivity contribution >= 4 is 28.8 Å². The third-order valence-corrected chi connectivity index (χ3v) is 5.91. The molecule has 2 amide bonds. The van der Waals surface area contributed by atoms with Crippen molar-refractivity contribution in [1.29, 1.82) is 0 Å². The van der Waals surface area contributed by atoms with Crippen molar-refractivity contribution in [3.8, 4) is 0 Å². The number of non-ortho nitro benzene ring substituents is 1. The summed E-state index contributed by atoms with van der Waals surface area (Å²) in [7, 11) is 0. The predicted molar refractivity (Wildman–Crippen MR) is 123 cm³/mol. The summed E-state index contributed by atoms with van der Waals surface area (Å²) in [5.74, 6) is -0.737. The Morgan fingerprint density at radius 3 is 2.24 bits per heavy atom. The number of likely N-dealkylation sites (N-methyl/N-ethyl adjacent to an activating group) is 1. The number of nitro groups is 1. The Morgan fingerprint density at radius 2 is 1.64 bits per heavy atom. The number of imide groups is 1. The fraction of sp³-hybridized carbons (Fsp3) is 0.333. The van der Waals surface area contributed by atoms with Crippen LogP contribution in [0.1, 0.15) is 12.5 Å². The van der Waals surface area contributed by atoms with E-state index in [4.69, 9.17) is 4.74 Å². The highest BCUT2D eigenvalue weighted by Gasteiger charge is 2.41. The highest BCUT2D eigenvalue weighted by Crippen LogP contribution is 2.34. The van der Waals surface area contributed by atoms with Gasteiger partial charge < -0.3 is 9.64 Å². The molecule has 172 valence electrons. The number of morpholine rings is 1. The van der Waals surface area contributed by atoms with E-state index in [1.54, 1.807) is 0 Å². The van der Waals surface area contributed by atoms with Gasteiger partial charge in [-0.05, 0) is 36.8 Å². The molecule has 1 fully saturated rings. The van der Waals surface area contributed by atoms with Crippen LogP contribution >= 0.6 is 0 Å². The molecule has 2 aliphatic rings. The normalized spacial score (nSPS) is 17.1. The quantitative estimate of drug-likeness (QED) is 0.346. The van der Waals surface area contributed by atoms with E-state index in [1.165, 1.54) is 29.2 Å². The lowest BCUT2D eigenvalue weighted by Gasteiger charge is -2.28. The number of hydrogen-bond donors (Lipinski definition) is 0. The second-order valence-corrected chi connectivity index (χ2v) is 7.82. The Labute approximate surface area is 192 Å². The number of ether oxygens (including phenoxy) is 1. The zero-order chi connectivity index (χ0) is 23.4. The van der Waals surface area contributed by atoms with Crippen molar-refractivity contribution in [3.63, 3.8) is 0 Å². The first-order valence-corrected chi connectivity index (χ1v) is 11.0. The molecule has 0 unspecified atom stereocenters. The van der Waals surface area contributed by atoms with E-state index in [1.807, 2.05) is 42.2 Å². The van der Waals surface area contributed by atoms with Gasteiger partial charge in [0.2, 0.25) is 0 Å². The fourth-order valence-corrected chi connectivity index (χ4v) is 4.17. The van der Waals surface area contributed by atoms with E-state index in [0.29, 0.717) is 37.6 Å². The number of hydrogen-bond acceptors (Lipinski definition) is 7. The topological polar surface area (TPSA) is 96.2 Å².